The Kier molecular flexibility index (Phi) is 5.08. The normalized spacial score (nSPS) is 13.0. The van der Waals surface area contributed by atoms with Gasteiger partial charge in [0, 0.05) is 24.6 Å². The van der Waals surface area contributed by atoms with E-state index in [0.29, 0.717) is 28.4 Å². The molecule has 4 rings (SSSR count). The van der Waals surface area contributed by atoms with Crippen molar-refractivity contribution in [3.8, 4) is 0 Å². The van der Waals surface area contributed by atoms with Gasteiger partial charge in [0.05, 0.1) is 21.8 Å². The number of aromatic nitrogens is 1. The van der Waals surface area contributed by atoms with E-state index in [4.69, 9.17) is 11.6 Å². The van der Waals surface area contributed by atoms with Crippen LogP contribution in [0.25, 0.3) is 0 Å². The summed E-state index contributed by atoms with van der Waals surface area (Å²) in [5.41, 5.74) is 3.27. The van der Waals surface area contributed by atoms with Crippen LogP contribution in [0.1, 0.15) is 32.7 Å². The number of hydrogen-bond donors (Lipinski definition) is 1. The number of para-hydroxylation sites is 2. The average molecular weight is 392 g/mol. The summed E-state index contributed by atoms with van der Waals surface area (Å²) < 4.78 is 0. The summed E-state index contributed by atoms with van der Waals surface area (Å²) in [5, 5.41) is 3.20. The molecule has 0 spiro atoms. The van der Waals surface area contributed by atoms with Crippen molar-refractivity contribution in [3.63, 3.8) is 0 Å². The fourth-order valence-electron chi connectivity index (χ4n) is 3.34. The lowest BCUT2D eigenvalue weighted by Crippen LogP contribution is -2.35. The van der Waals surface area contributed by atoms with Crippen molar-refractivity contribution in [1.29, 1.82) is 0 Å². The first-order chi connectivity index (χ1) is 13.6. The highest BCUT2D eigenvalue weighted by atomic mass is 35.5. The molecule has 0 unspecified atom stereocenters. The zero-order chi connectivity index (χ0) is 19.5. The highest BCUT2D eigenvalue weighted by Gasteiger charge is 2.24. The largest absolute Gasteiger partial charge is 0.321 e. The highest BCUT2D eigenvalue weighted by molar-refractivity contribution is 6.33. The molecule has 5 nitrogen and oxygen atoms in total. The van der Waals surface area contributed by atoms with Gasteiger partial charge in [0.25, 0.3) is 11.8 Å². The van der Waals surface area contributed by atoms with E-state index in [1.54, 1.807) is 35.2 Å². The lowest BCUT2D eigenvalue weighted by atomic mass is 10.0. The van der Waals surface area contributed by atoms with Crippen LogP contribution in [-0.4, -0.2) is 23.3 Å². The van der Waals surface area contributed by atoms with Gasteiger partial charge >= 0.3 is 0 Å². The highest BCUT2D eigenvalue weighted by Crippen LogP contribution is 2.28. The minimum Gasteiger partial charge on any atom is -0.321 e. The van der Waals surface area contributed by atoms with Crippen molar-refractivity contribution < 1.29 is 9.59 Å². The number of fused-ring (bicyclic) bond motifs is 1. The number of halogens is 1. The molecule has 0 saturated carbocycles. The van der Waals surface area contributed by atoms with Gasteiger partial charge in [-0.15, -0.1) is 0 Å². The maximum Gasteiger partial charge on any atom is 0.259 e. The summed E-state index contributed by atoms with van der Waals surface area (Å²) >= 11 is 6.10. The lowest BCUT2D eigenvalue weighted by Gasteiger charge is -2.29. The van der Waals surface area contributed by atoms with Crippen molar-refractivity contribution in [2.45, 2.75) is 12.8 Å². The van der Waals surface area contributed by atoms with Crippen LogP contribution < -0.4 is 10.2 Å². The number of benzene rings is 2. The van der Waals surface area contributed by atoms with Crippen LogP contribution in [0.3, 0.4) is 0 Å². The van der Waals surface area contributed by atoms with E-state index in [1.165, 1.54) is 12.4 Å². The summed E-state index contributed by atoms with van der Waals surface area (Å²) in [6.07, 6.45) is 4.79. The fraction of sp³-hybridized carbons (Fsp3) is 0.136. The van der Waals surface area contributed by atoms with Crippen LogP contribution >= 0.6 is 11.6 Å². The number of carbonyl (C=O) groups excluding carboxylic acids is 2. The number of amides is 2. The van der Waals surface area contributed by atoms with Crippen LogP contribution in [0.5, 0.6) is 0 Å². The van der Waals surface area contributed by atoms with Crippen LogP contribution in [0.2, 0.25) is 5.02 Å². The van der Waals surface area contributed by atoms with Crippen LogP contribution in [-0.2, 0) is 6.42 Å². The second kappa shape index (κ2) is 7.82. The van der Waals surface area contributed by atoms with E-state index in [-0.39, 0.29) is 11.8 Å². The van der Waals surface area contributed by atoms with Gasteiger partial charge < -0.3 is 10.2 Å². The molecule has 6 heteroatoms. The molecule has 2 amide bonds. The number of rotatable bonds is 3. The molecule has 140 valence electrons. The second-order valence-electron chi connectivity index (χ2n) is 6.59. The van der Waals surface area contributed by atoms with Crippen molar-refractivity contribution in [2.24, 2.45) is 0 Å². The molecule has 0 fully saturated rings. The molecule has 0 saturated heterocycles. The Morgan fingerprint density at radius 3 is 2.61 bits per heavy atom. The Morgan fingerprint density at radius 2 is 1.75 bits per heavy atom. The third-order valence-corrected chi connectivity index (χ3v) is 5.05. The van der Waals surface area contributed by atoms with Gasteiger partial charge in [0.1, 0.15) is 0 Å². The van der Waals surface area contributed by atoms with Gasteiger partial charge in [-0.2, -0.15) is 0 Å². The first-order valence-corrected chi connectivity index (χ1v) is 9.42. The van der Waals surface area contributed by atoms with E-state index >= 15 is 0 Å². The molecule has 1 N–H and O–H groups in total. The Balaban J connectivity index is 1.58. The summed E-state index contributed by atoms with van der Waals surface area (Å²) in [6, 6.07) is 16.5. The molecule has 3 aromatic rings. The summed E-state index contributed by atoms with van der Waals surface area (Å²) in [4.78, 5) is 31.5. The third kappa shape index (κ3) is 3.62. The maximum atomic E-state index is 13.1. The molecule has 2 heterocycles. The zero-order valence-electron chi connectivity index (χ0n) is 15.1. The van der Waals surface area contributed by atoms with Crippen molar-refractivity contribution >= 4 is 34.8 Å². The van der Waals surface area contributed by atoms with Crippen molar-refractivity contribution in [2.75, 3.05) is 16.8 Å². The number of aryl methyl sites for hydroxylation is 1. The van der Waals surface area contributed by atoms with Crippen molar-refractivity contribution in [1.82, 2.24) is 4.98 Å². The summed E-state index contributed by atoms with van der Waals surface area (Å²) in [7, 11) is 0. The first-order valence-electron chi connectivity index (χ1n) is 9.04. The predicted molar refractivity (Wildman–Crippen MR) is 110 cm³/mol. The molecule has 0 bridgehead atoms. The van der Waals surface area contributed by atoms with E-state index < -0.39 is 0 Å². The Morgan fingerprint density at radius 1 is 1.00 bits per heavy atom. The molecule has 1 aliphatic heterocycles. The smallest absolute Gasteiger partial charge is 0.259 e. The minimum atomic E-state index is -0.366. The molecule has 1 aliphatic rings. The maximum absolute atomic E-state index is 13.1. The zero-order valence-corrected chi connectivity index (χ0v) is 15.8. The molecular formula is C22H18ClN3O2. The summed E-state index contributed by atoms with van der Waals surface area (Å²) in [6.45, 7) is 0.645. The fourth-order valence-corrected chi connectivity index (χ4v) is 3.52. The molecule has 2 aromatic carbocycles. The second-order valence-corrected chi connectivity index (χ2v) is 6.99. The van der Waals surface area contributed by atoms with Gasteiger partial charge in [0.15, 0.2) is 0 Å². The van der Waals surface area contributed by atoms with E-state index in [0.717, 1.165) is 24.1 Å². The molecule has 0 radical (unpaired) electrons. The average Bonchev–Trinajstić information content (AvgIpc) is 2.74. The van der Waals surface area contributed by atoms with Crippen LogP contribution in [0.15, 0.2) is 67.0 Å². The van der Waals surface area contributed by atoms with Gasteiger partial charge in [-0.3, -0.25) is 14.6 Å². The predicted octanol–water partition coefficient (Wildman–Crippen LogP) is 4.58. The quantitative estimate of drug-likeness (QED) is 0.710. The molecule has 0 atom stereocenters. The van der Waals surface area contributed by atoms with E-state index in [2.05, 4.69) is 10.3 Å². The first kappa shape index (κ1) is 18.2. The minimum absolute atomic E-state index is 0.160. The lowest BCUT2D eigenvalue weighted by molar-refractivity contribution is 0.0984. The molecule has 0 aliphatic carbocycles. The number of carbonyl (C=O) groups is 2. The molecule has 1 aromatic heterocycles. The number of anilines is 2. The van der Waals surface area contributed by atoms with Crippen molar-refractivity contribution in [3.05, 3.63) is 88.7 Å². The van der Waals surface area contributed by atoms with Gasteiger partial charge in [0.2, 0.25) is 0 Å². The van der Waals surface area contributed by atoms with Crippen LogP contribution in [0.4, 0.5) is 11.4 Å². The summed E-state index contributed by atoms with van der Waals surface area (Å²) in [5.74, 6) is -0.527. The van der Waals surface area contributed by atoms with Gasteiger partial charge in [-0.1, -0.05) is 41.9 Å². The van der Waals surface area contributed by atoms with E-state index in [9.17, 15) is 9.59 Å². The monoisotopic (exact) mass is 391 g/mol. The topological polar surface area (TPSA) is 62.3 Å². The standard InChI is InChI=1S/C22H18ClN3O2/c23-18-8-2-3-9-19(18)25-21(27)16-12-17(14-24-13-16)22(28)26-11-5-7-15-6-1-4-10-20(15)26/h1-4,6,8-10,12-14H,5,7,11H2,(H,25,27). The molecule has 28 heavy (non-hydrogen) atoms. The van der Waals surface area contributed by atoms with Crippen LogP contribution in [0, 0.1) is 0 Å². The Labute approximate surface area is 168 Å². The van der Waals surface area contributed by atoms with Gasteiger partial charge in [-0.25, -0.2) is 0 Å². The Bertz CT molecular complexity index is 1050. The number of nitrogens with one attached hydrogen (secondary N) is 1. The van der Waals surface area contributed by atoms with E-state index in [1.807, 2.05) is 24.3 Å². The molecular weight excluding hydrogens is 374 g/mol. The Hall–Kier alpha value is -3.18. The number of nitrogens with zero attached hydrogens (tertiary/aromatic N) is 2. The third-order valence-electron chi connectivity index (χ3n) is 4.72. The number of pyridine rings is 1. The van der Waals surface area contributed by atoms with Gasteiger partial charge in [-0.05, 0) is 42.7 Å². The number of hydrogen-bond acceptors (Lipinski definition) is 3. The SMILES string of the molecule is O=C(Nc1ccccc1Cl)c1cncc(C(=O)N2CCCc3ccccc32)c1.